The van der Waals surface area contributed by atoms with E-state index in [2.05, 4.69) is 137 Å². The molecule has 0 fully saturated rings. The van der Waals surface area contributed by atoms with Gasteiger partial charge in [-0.2, -0.15) is 10.2 Å². The molecule has 8 rings (SSSR count). The number of fused-ring (bicyclic) bond motifs is 2. The Balaban J connectivity index is 0.000000189. The van der Waals surface area contributed by atoms with Gasteiger partial charge in [-0.25, -0.2) is 0 Å². The number of hydrogen-bond donors (Lipinski definition) is 3. The Bertz CT molecular complexity index is 2460. The van der Waals surface area contributed by atoms with Crippen molar-refractivity contribution in [3.8, 4) is 22.8 Å². The second-order valence-electron chi connectivity index (χ2n) is 17.3. The molecule has 4 atom stereocenters. The summed E-state index contributed by atoms with van der Waals surface area (Å²) in [6.07, 6.45) is 3.63. The second kappa shape index (κ2) is 19.1. The molecule has 0 saturated carbocycles. The van der Waals surface area contributed by atoms with Crippen LogP contribution >= 0.6 is 55.4 Å². The van der Waals surface area contributed by atoms with Crippen molar-refractivity contribution < 1.29 is 9.53 Å². The lowest BCUT2D eigenvalue weighted by Gasteiger charge is -2.37. The molecule has 2 aliphatic heterocycles. The van der Waals surface area contributed by atoms with Gasteiger partial charge in [-0.3, -0.25) is 19.3 Å². The molecule has 2 aromatic carbocycles. The third-order valence-corrected chi connectivity index (χ3v) is 20.1. The van der Waals surface area contributed by atoms with Crippen molar-refractivity contribution in [2.24, 2.45) is 14.1 Å². The summed E-state index contributed by atoms with van der Waals surface area (Å²) in [4.78, 5) is 9.18. The van der Waals surface area contributed by atoms with Gasteiger partial charge in [-0.15, -0.1) is 23.5 Å². The van der Waals surface area contributed by atoms with Gasteiger partial charge in [0.2, 0.25) is 0 Å². The number of benzene rings is 2. The van der Waals surface area contributed by atoms with Crippen molar-refractivity contribution >= 4 is 75.3 Å². The summed E-state index contributed by atoms with van der Waals surface area (Å²) in [5.41, 5.74) is 11.0. The van der Waals surface area contributed by atoms with E-state index in [0.717, 1.165) is 60.4 Å². The van der Waals surface area contributed by atoms with E-state index in [1.165, 1.54) is 27.8 Å². The molecule has 0 spiro atoms. The van der Waals surface area contributed by atoms with Crippen molar-refractivity contribution in [1.82, 2.24) is 29.5 Å². The van der Waals surface area contributed by atoms with Crippen molar-refractivity contribution in [2.45, 2.75) is 75.3 Å². The maximum absolute atomic E-state index is 9.78. The molecule has 6 heterocycles. The molecule has 15 heteroatoms. The summed E-state index contributed by atoms with van der Waals surface area (Å²) in [6.45, 7) is 16.6. The molecule has 322 valence electrons. The number of aliphatic hydroxyl groups excluding tert-OH is 1. The first-order chi connectivity index (χ1) is 29.1. The summed E-state index contributed by atoms with van der Waals surface area (Å²) in [5.74, 6) is 3.77. The molecule has 0 radical (unpaired) electrons. The van der Waals surface area contributed by atoms with E-state index in [9.17, 15) is 5.11 Å². The fourth-order valence-electron chi connectivity index (χ4n) is 7.44. The molecule has 4 aromatic heterocycles. The Morgan fingerprint density at radius 3 is 1.61 bits per heavy atom. The highest BCUT2D eigenvalue weighted by Crippen LogP contribution is 2.49. The van der Waals surface area contributed by atoms with Crippen LogP contribution in [0.15, 0.2) is 94.1 Å². The zero-order chi connectivity index (χ0) is 43.6. The lowest BCUT2D eigenvalue weighted by molar-refractivity contribution is 0.277. The first-order valence-electron chi connectivity index (χ1n) is 20.6. The van der Waals surface area contributed by atoms with Crippen LogP contribution in [-0.2, 0) is 18.5 Å². The molecule has 0 bridgehead atoms. The predicted molar refractivity (Wildman–Crippen MR) is 264 cm³/mol. The third-order valence-electron chi connectivity index (χ3n) is 11.8. The van der Waals surface area contributed by atoms with Crippen LogP contribution in [0.1, 0.15) is 64.7 Å². The number of nitrogens with one attached hydrogen (secondary N) is 2. The molecular weight excluding hydrogens is 949 g/mol. The van der Waals surface area contributed by atoms with Gasteiger partial charge in [0.15, 0.2) is 8.32 Å². The van der Waals surface area contributed by atoms with Crippen LogP contribution in [0.25, 0.3) is 22.8 Å². The Labute approximate surface area is 386 Å². The zero-order valence-corrected chi connectivity index (χ0v) is 42.1. The molecule has 0 aliphatic carbocycles. The smallest absolute Gasteiger partial charge is 0.192 e. The average molecular weight is 1010 g/mol. The minimum absolute atomic E-state index is 0.0125. The molecule has 0 amide bonds. The molecule has 3 N–H and O–H groups in total. The van der Waals surface area contributed by atoms with Crippen LogP contribution in [0.2, 0.25) is 18.1 Å². The minimum atomic E-state index is -1.84. The minimum Gasteiger partial charge on any atom is -0.415 e. The number of pyridine rings is 2. The maximum atomic E-state index is 9.78. The van der Waals surface area contributed by atoms with E-state index in [-0.39, 0.29) is 34.2 Å². The summed E-state index contributed by atoms with van der Waals surface area (Å²) in [7, 11) is 2.12. The zero-order valence-electron chi connectivity index (χ0n) is 36.3. The summed E-state index contributed by atoms with van der Waals surface area (Å²) in [6, 6.07) is 25.1. The van der Waals surface area contributed by atoms with Crippen LogP contribution < -0.4 is 10.6 Å². The number of aromatic nitrogens is 6. The van der Waals surface area contributed by atoms with Gasteiger partial charge in [0.05, 0.1) is 47.2 Å². The average Bonchev–Trinajstić information content (AvgIpc) is 3.54. The van der Waals surface area contributed by atoms with Crippen LogP contribution in [0.4, 0.5) is 11.6 Å². The van der Waals surface area contributed by atoms with Crippen molar-refractivity contribution in [3.63, 3.8) is 0 Å². The van der Waals surface area contributed by atoms with Gasteiger partial charge in [0, 0.05) is 58.1 Å². The summed E-state index contributed by atoms with van der Waals surface area (Å²) in [5, 5.41) is 27.3. The van der Waals surface area contributed by atoms with Crippen LogP contribution in [0.3, 0.4) is 0 Å². The van der Waals surface area contributed by atoms with Gasteiger partial charge in [-0.1, -0.05) is 76.9 Å². The van der Waals surface area contributed by atoms with E-state index in [1.807, 2.05) is 89.6 Å². The molecule has 2 aliphatic rings. The Morgan fingerprint density at radius 1 is 0.738 bits per heavy atom. The van der Waals surface area contributed by atoms with Gasteiger partial charge >= 0.3 is 0 Å². The molecule has 61 heavy (non-hydrogen) atoms. The number of halogens is 2. The fourth-order valence-corrected chi connectivity index (χ4v) is 12.3. The standard InChI is InChI=1S/C26H35BrN4OSSi.C20H21BrN4OS/c1-17-14-18(27)11-12-20(17)24-22-23(21-10-8-9-13-28-21)30-31(5)25(22)29-19(16-33-24)15-32-34(6,7)26(2,3)4;1-12-9-13(21)6-7-15(12)19-17-18(16-5-3-4-8-22-16)24-25(2)20(17)23-14(10-26)11-27-19/h8-14,19,24,29H,15-16H2,1-7H3;3-9,14,19,23,26H,10-11H2,1-2H3/t19-,24+;14-,19+/m11/s1. The number of aliphatic hydroxyl groups is 1. The number of rotatable bonds is 8. The number of anilines is 2. The fraction of sp³-hybridized carbons (Fsp3) is 0.391. The maximum Gasteiger partial charge on any atom is 0.192 e. The summed E-state index contributed by atoms with van der Waals surface area (Å²) >= 11 is 11.0. The number of aryl methyl sites for hydroxylation is 4. The lowest BCUT2D eigenvalue weighted by atomic mass is 9.98. The lowest BCUT2D eigenvalue weighted by Crippen LogP contribution is -2.44. The van der Waals surface area contributed by atoms with Crippen LogP contribution in [0.5, 0.6) is 0 Å². The normalized spacial score (nSPS) is 19.0. The van der Waals surface area contributed by atoms with E-state index >= 15 is 0 Å². The first kappa shape index (κ1) is 45.6. The van der Waals surface area contributed by atoms with Gasteiger partial charge < -0.3 is 20.2 Å². The largest absolute Gasteiger partial charge is 0.415 e. The molecule has 6 aromatic rings. The van der Waals surface area contributed by atoms with Gasteiger partial charge in [-0.05, 0) is 103 Å². The molecular formula is C46H56Br2N8O2S2Si. The van der Waals surface area contributed by atoms with Crippen molar-refractivity contribution in [2.75, 3.05) is 35.4 Å². The van der Waals surface area contributed by atoms with E-state index in [0.29, 0.717) is 6.61 Å². The van der Waals surface area contributed by atoms with Gasteiger partial charge in [0.25, 0.3) is 0 Å². The van der Waals surface area contributed by atoms with E-state index in [1.54, 1.807) is 6.20 Å². The molecule has 0 saturated heterocycles. The summed E-state index contributed by atoms with van der Waals surface area (Å²) < 4.78 is 12.7. The van der Waals surface area contributed by atoms with Crippen molar-refractivity contribution in [1.29, 1.82) is 0 Å². The van der Waals surface area contributed by atoms with Gasteiger partial charge in [0.1, 0.15) is 23.0 Å². The quantitative estimate of drug-likeness (QED) is 0.127. The SMILES string of the molecule is Cc1cc(Br)ccc1[C@@H]1SC[C@@H](CO)Nc2c1c(-c1ccccn1)nn2C.Cc1cc(Br)ccc1[C@@H]1SC[C@@H](CO[Si](C)(C)C(C)(C)C)Nc2c1c(-c1ccccn1)nn2C. The van der Waals surface area contributed by atoms with E-state index in [4.69, 9.17) is 14.6 Å². The van der Waals surface area contributed by atoms with Crippen LogP contribution in [0, 0.1) is 13.8 Å². The topological polar surface area (TPSA) is 115 Å². The Kier molecular flexibility index (Phi) is 14.3. The monoisotopic (exact) mass is 1000 g/mol. The highest BCUT2D eigenvalue weighted by atomic mass is 79.9. The predicted octanol–water partition coefficient (Wildman–Crippen LogP) is 11.4. The number of hydrogen-bond acceptors (Lipinski definition) is 10. The second-order valence-corrected chi connectivity index (χ2v) is 26.2. The number of thioether (sulfide) groups is 2. The highest BCUT2D eigenvalue weighted by Gasteiger charge is 2.39. The number of nitrogens with zero attached hydrogens (tertiary/aromatic N) is 6. The molecule has 10 nitrogen and oxygen atoms in total. The van der Waals surface area contributed by atoms with E-state index < -0.39 is 8.32 Å². The van der Waals surface area contributed by atoms with Crippen molar-refractivity contribution in [3.05, 3.63) is 128 Å². The highest BCUT2D eigenvalue weighted by molar-refractivity contribution is 9.10. The van der Waals surface area contributed by atoms with Crippen LogP contribution in [-0.4, -0.2) is 79.8 Å². The Morgan fingerprint density at radius 2 is 1.20 bits per heavy atom. The molecule has 0 unspecified atom stereocenters. The Hall–Kier alpha value is -3.44. The first-order valence-corrected chi connectivity index (χ1v) is 27.1. The third kappa shape index (κ3) is 10.0.